The van der Waals surface area contributed by atoms with Crippen LogP contribution < -0.4 is 15.4 Å². The number of likely N-dealkylation sites (N-methyl/N-ethyl adjacent to an activating group) is 1. The number of hydrogen-bond donors (Lipinski definition) is 2. The maximum Gasteiger partial charge on any atom is 0.253 e. The maximum atomic E-state index is 12.6. The van der Waals surface area contributed by atoms with E-state index >= 15 is 0 Å². The molecule has 0 radical (unpaired) electrons. The summed E-state index contributed by atoms with van der Waals surface area (Å²) in [5.41, 5.74) is 6.81. The summed E-state index contributed by atoms with van der Waals surface area (Å²) in [6.45, 7) is 1.19. The third-order valence-electron chi connectivity index (χ3n) is 4.39. The van der Waals surface area contributed by atoms with Crippen LogP contribution in [0.1, 0.15) is 23.2 Å². The number of aliphatic hydroxyl groups is 1. The summed E-state index contributed by atoms with van der Waals surface area (Å²) in [7, 11) is 1.63. The first-order valence-electron chi connectivity index (χ1n) is 7.74. The van der Waals surface area contributed by atoms with Crippen molar-refractivity contribution in [1.82, 2.24) is 4.90 Å². The first-order valence-corrected chi connectivity index (χ1v) is 7.74. The summed E-state index contributed by atoms with van der Waals surface area (Å²) >= 11 is 0. The van der Waals surface area contributed by atoms with Crippen molar-refractivity contribution in [1.29, 1.82) is 0 Å². The van der Waals surface area contributed by atoms with Gasteiger partial charge in [-0.05, 0) is 31.0 Å². The number of carbonyl (C=O) groups excluding carboxylic acids is 2. The molecule has 0 aromatic heterocycles. The molecule has 0 spiro atoms. The van der Waals surface area contributed by atoms with Gasteiger partial charge in [0, 0.05) is 25.7 Å². The van der Waals surface area contributed by atoms with Gasteiger partial charge in [0.2, 0.25) is 5.91 Å². The number of benzene rings is 1. The lowest BCUT2D eigenvalue weighted by atomic mass is 10.1. The van der Waals surface area contributed by atoms with Crippen LogP contribution in [0.4, 0.5) is 5.69 Å². The van der Waals surface area contributed by atoms with Crippen LogP contribution in [0.3, 0.4) is 0 Å². The predicted molar refractivity (Wildman–Crippen MR) is 91.7 cm³/mol. The Balaban J connectivity index is 0.00000208. The van der Waals surface area contributed by atoms with Crippen molar-refractivity contribution in [3.63, 3.8) is 0 Å². The Morgan fingerprint density at radius 2 is 2.00 bits per heavy atom. The first-order chi connectivity index (χ1) is 11.0. The number of ether oxygens (including phenoxy) is 1. The summed E-state index contributed by atoms with van der Waals surface area (Å²) in [6, 6.07) is 4.35. The van der Waals surface area contributed by atoms with E-state index in [2.05, 4.69) is 0 Å². The fourth-order valence-electron chi connectivity index (χ4n) is 2.90. The summed E-state index contributed by atoms with van der Waals surface area (Å²) in [5, 5.41) is 9.55. The van der Waals surface area contributed by atoms with Gasteiger partial charge >= 0.3 is 0 Å². The lowest BCUT2D eigenvalue weighted by Gasteiger charge is -2.30. The molecule has 0 saturated carbocycles. The van der Waals surface area contributed by atoms with E-state index in [1.54, 1.807) is 30.1 Å². The normalized spacial score (nSPS) is 21.5. The highest BCUT2D eigenvalue weighted by Crippen LogP contribution is 2.32. The Morgan fingerprint density at radius 1 is 1.33 bits per heavy atom. The number of anilines is 1. The molecule has 2 aliphatic heterocycles. The molecule has 1 aromatic rings. The quantitative estimate of drug-likeness (QED) is 0.759. The number of likely N-dealkylation sites (tertiary alicyclic amines) is 1. The van der Waals surface area contributed by atoms with Gasteiger partial charge in [0.25, 0.3) is 5.91 Å². The minimum atomic E-state index is -0.713. The van der Waals surface area contributed by atoms with Crippen LogP contribution in [0.15, 0.2) is 18.2 Å². The van der Waals surface area contributed by atoms with Gasteiger partial charge in [0.1, 0.15) is 18.4 Å². The summed E-state index contributed by atoms with van der Waals surface area (Å²) in [6.07, 6.45) is 0.852. The van der Waals surface area contributed by atoms with E-state index in [9.17, 15) is 14.7 Å². The number of amides is 2. The van der Waals surface area contributed by atoms with Crippen LogP contribution in [-0.4, -0.2) is 60.7 Å². The molecular weight excluding hydrogens is 334 g/mol. The van der Waals surface area contributed by atoms with E-state index in [1.807, 2.05) is 0 Å². The number of fused-ring (bicyclic) bond motifs is 1. The minimum absolute atomic E-state index is 0. The molecule has 0 aliphatic carbocycles. The zero-order valence-corrected chi connectivity index (χ0v) is 14.3. The lowest BCUT2D eigenvalue weighted by molar-refractivity contribution is -0.119. The molecule has 0 unspecified atom stereocenters. The highest BCUT2D eigenvalue weighted by atomic mass is 35.5. The molecule has 7 nitrogen and oxygen atoms in total. The van der Waals surface area contributed by atoms with E-state index in [4.69, 9.17) is 10.5 Å². The monoisotopic (exact) mass is 355 g/mol. The van der Waals surface area contributed by atoms with E-state index < -0.39 is 6.04 Å². The zero-order valence-electron chi connectivity index (χ0n) is 13.5. The van der Waals surface area contributed by atoms with Crippen LogP contribution >= 0.6 is 12.4 Å². The Kier molecular flexibility index (Phi) is 5.69. The Bertz CT molecular complexity index is 632. The summed E-state index contributed by atoms with van der Waals surface area (Å²) in [4.78, 5) is 27.9. The van der Waals surface area contributed by atoms with Crippen molar-refractivity contribution < 1.29 is 19.4 Å². The average Bonchev–Trinajstić information content (AvgIpc) is 2.67. The molecule has 2 aliphatic rings. The highest BCUT2D eigenvalue weighted by Gasteiger charge is 2.28. The number of hydrogen-bond acceptors (Lipinski definition) is 5. The number of aliphatic hydroxyl groups excluding tert-OH is 1. The Labute approximate surface area is 146 Å². The number of nitrogens with two attached hydrogens (primary N) is 1. The molecule has 8 heteroatoms. The molecule has 132 valence electrons. The molecule has 1 saturated heterocycles. The smallest absolute Gasteiger partial charge is 0.253 e. The molecule has 1 aromatic carbocycles. The first kappa shape index (κ1) is 18.5. The topological polar surface area (TPSA) is 96.1 Å². The van der Waals surface area contributed by atoms with Gasteiger partial charge in [-0.25, -0.2) is 0 Å². The highest BCUT2D eigenvalue weighted by molar-refractivity contribution is 6.01. The second kappa shape index (κ2) is 7.38. The van der Waals surface area contributed by atoms with Crippen molar-refractivity contribution >= 4 is 29.9 Å². The van der Waals surface area contributed by atoms with Crippen molar-refractivity contribution in [2.75, 3.05) is 31.6 Å². The number of carbonyl (C=O) groups is 2. The summed E-state index contributed by atoms with van der Waals surface area (Å²) < 4.78 is 5.55. The van der Waals surface area contributed by atoms with Gasteiger partial charge < -0.3 is 25.4 Å². The van der Waals surface area contributed by atoms with Gasteiger partial charge in [-0.2, -0.15) is 0 Å². The van der Waals surface area contributed by atoms with Gasteiger partial charge in [-0.15, -0.1) is 12.4 Å². The standard InChI is InChI=1S/C16H21N3O4.ClH/c1-18-13-8-10(15(21)19-6-4-11(20)5-7-19)2-3-14(13)23-9-12(17)16(18)22;/h2-3,8,11-12,20H,4-7,9,17H2,1H3;1H/t12-;/m0./s1. The van der Waals surface area contributed by atoms with E-state index in [1.165, 1.54) is 4.90 Å². The van der Waals surface area contributed by atoms with E-state index in [0.29, 0.717) is 42.9 Å². The molecule has 2 amide bonds. The molecule has 1 atom stereocenters. The van der Waals surface area contributed by atoms with Crippen molar-refractivity contribution in [2.45, 2.75) is 25.0 Å². The van der Waals surface area contributed by atoms with Crippen LogP contribution in [-0.2, 0) is 4.79 Å². The third kappa shape index (κ3) is 3.48. The van der Waals surface area contributed by atoms with Gasteiger partial charge in [0.05, 0.1) is 11.8 Å². The molecule has 1 fully saturated rings. The number of piperidine rings is 1. The average molecular weight is 356 g/mol. The molecule has 3 N–H and O–H groups in total. The van der Waals surface area contributed by atoms with Crippen LogP contribution in [0.25, 0.3) is 0 Å². The van der Waals surface area contributed by atoms with Crippen molar-refractivity contribution in [3.8, 4) is 5.75 Å². The molecular formula is C16H22ClN3O4. The molecule has 2 heterocycles. The van der Waals surface area contributed by atoms with E-state index in [-0.39, 0.29) is 36.9 Å². The lowest BCUT2D eigenvalue weighted by Crippen LogP contribution is -2.43. The second-order valence-electron chi connectivity index (χ2n) is 6.02. The number of halogens is 1. The minimum Gasteiger partial charge on any atom is -0.489 e. The largest absolute Gasteiger partial charge is 0.489 e. The Hall–Kier alpha value is -1.83. The van der Waals surface area contributed by atoms with Gasteiger partial charge in [0.15, 0.2) is 0 Å². The predicted octanol–water partition coefficient (Wildman–Crippen LogP) is 0.388. The Morgan fingerprint density at radius 3 is 2.67 bits per heavy atom. The SMILES string of the molecule is CN1C(=O)[C@@H](N)COc2ccc(C(=O)N3CCC(O)CC3)cc21.Cl. The molecule has 0 bridgehead atoms. The fraction of sp³-hybridized carbons (Fsp3) is 0.500. The third-order valence-corrected chi connectivity index (χ3v) is 4.39. The molecule has 24 heavy (non-hydrogen) atoms. The van der Waals surface area contributed by atoms with Crippen LogP contribution in [0, 0.1) is 0 Å². The second-order valence-corrected chi connectivity index (χ2v) is 6.02. The summed E-state index contributed by atoms with van der Waals surface area (Å²) in [5.74, 6) is 0.197. The van der Waals surface area contributed by atoms with Crippen molar-refractivity contribution in [2.24, 2.45) is 5.73 Å². The zero-order chi connectivity index (χ0) is 16.6. The van der Waals surface area contributed by atoms with Gasteiger partial charge in [-0.1, -0.05) is 0 Å². The van der Waals surface area contributed by atoms with E-state index in [0.717, 1.165) is 0 Å². The maximum absolute atomic E-state index is 12.6. The number of nitrogens with zero attached hydrogens (tertiary/aromatic N) is 2. The van der Waals surface area contributed by atoms with Crippen LogP contribution in [0.2, 0.25) is 0 Å². The number of rotatable bonds is 1. The van der Waals surface area contributed by atoms with Crippen molar-refractivity contribution in [3.05, 3.63) is 23.8 Å². The van der Waals surface area contributed by atoms with Gasteiger partial charge in [-0.3, -0.25) is 9.59 Å². The molecule has 3 rings (SSSR count). The fourth-order valence-corrected chi connectivity index (χ4v) is 2.90. The van der Waals surface area contributed by atoms with Crippen LogP contribution in [0.5, 0.6) is 5.75 Å².